The molecule has 1 amide bonds. The first kappa shape index (κ1) is 15.9. The van der Waals surface area contributed by atoms with Crippen LogP contribution in [0.3, 0.4) is 0 Å². The minimum Gasteiger partial charge on any atom is -0.380 e. The smallest absolute Gasteiger partial charge is 0.223 e. The van der Waals surface area contributed by atoms with E-state index < -0.39 is 0 Å². The molecule has 1 saturated carbocycles. The van der Waals surface area contributed by atoms with E-state index in [4.69, 9.17) is 10.5 Å². The zero-order valence-electron chi connectivity index (χ0n) is 12.3. The number of halogens is 1. The standard InChI is InChI=1S/C16H23FN2O2/c1-21-15-10-12(6-7-14(15)18)16(20)19-9-8-11-4-2-3-5-13(11)17/h2-5,12,14-15H,6-10,18H2,1H3,(H,19,20)/t12-,14-,15-/m0/s1. The number of rotatable bonds is 5. The number of hydrogen-bond acceptors (Lipinski definition) is 3. The summed E-state index contributed by atoms with van der Waals surface area (Å²) in [6.45, 7) is 0.444. The van der Waals surface area contributed by atoms with Crippen molar-refractivity contribution in [2.45, 2.75) is 37.8 Å². The first-order valence-electron chi connectivity index (χ1n) is 7.41. The van der Waals surface area contributed by atoms with Crippen molar-refractivity contribution < 1.29 is 13.9 Å². The SMILES string of the molecule is CO[C@H]1C[C@@H](C(=O)NCCc2ccccc2F)CC[C@@H]1N. The Morgan fingerprint density at radius 1 is 1.43 bits per heavy atom. The number of carbonyl (C=O) groups is 1. The van der Waals surface area contributed by atoms with Gasteiger partial charge in [0.2, 0.25) is 5.91 Å². The second-order valence-corrected chi connectivity index (χ2v) is 5.58. The summed E-state index contributed by atoms with van der Waals surface area (Å²) >= 11 is 0. The number of carbonyl (C=O) groups excluding carboxylic acids is 1. The van der Waals surface area contributed by atoms with Gasteiger partial charge in [-0.15, -0.1) is 0 Å². The van der Waals surface area contributed by atoms with E-state index in [0.717, 1.165) is 12.8 Å². The van der Waals surface area contributed by atoms with Crippen molar-refractivity contribution in [1.29, 1.82) is 0 Å². The van der Waals surface area contributed by atoms with E-state index in [1.165, 1.54) is 6.07 Å². The minimum atomic E-state index is -0.227. The minimum absolute atomic E-state index is 0.0115. The van der Waals surface area contributed by atoms with Gasteiger partial charge in [0.05, 0.1) is 6.10 Å². The van der Waals surface area contributed by atoms with Crippen molar-refractivity contribution >= 4 is 5.91 Å². The lowest BCUT2D eigenvalue weighted by Gasteiger charge is -2.32. The largest absolute Gasteiger partial charge is 0.380 e. The van der Waals surface area contributed by atoms with Crippen molar-refractivity contribution in [3.05, 3.63) is 35.6 Å². The van der Waals surface area contributed by atoms with E-state index in [1.807, 2.05) is 0 Å². The summed E-state index contributed by atoms with van der Waals surface area (Å²) in [6, 6.07) is 6.64. The van der Waals surface area contributed by atoms with Gasteiger partial charge in [-0.2, -0.15) is 0 Å². The van der Waals surface area contributed by atoms with E-state index in [-0.39, 0.29) is 29.8 Å². The van der Waals surface area contributed by atoms with Gasteiger partial charge in [0.15, 0.2) is 0 Å². The summed E-state index contributed by atoms with van der Waals surface area (Å²) in [5.74, 6) is -0.273. The number of methoxy groups -OCH3 is 1. The van der Waals surface area contributed by atoms with E-state index >= 15 is 0 Å². The fraction of sp³-hybridized carbons (Fsp3) is 0.562. The Morgan fingerprint density at radius 2 is 2.19 bits per heavy atom. The van der Waals surface area contributed by atoms with Crippen LogP contribution in [-0.4, -0.2) is 31.7 Å². The quantitative estimate of drug-likeness (QED) is 0.867. The van der Waals surface area contributed by atoms with Crippen LogP contribution in [0.25, 0.3) is 0 Å². The zero-order chi connectivity index (χ0) is 15.2. The Hall–Kier alpha value is -1.46. The van der Waals surface area contributed by atoms with E-state index in [1.54, 1.807) is 25.3 Å². The molecule has 21 heavy (non-hydrogen) atoms. The van der Waals surface area contributed by atoms with Crippen LogP contribution in [0.15, 0.2) is 24.3 Å². The lowest BCUT2D eigenvalue weighted by atomic mass is 9.83. The average molecular weight is 294 g/mol. The molecule has 0 heterocycles. The fourth-order valence-corrected chi connectivity index (χ4v) is 2.83. The summed E-state index contributed by atoms with van der Waals surface area (Å²) in [7, 11) is 1.63. The molecule has 3 N–H and O–H groups in total. The predicted octanol–water partition coefficient (Wildman–Crippen LogP) is 1.63. The first-order valence-corrected chi connectivity index (χ1v) is 7.41. The summed E-state index contributed by atoms with van der Waals surface area (Å²) in [6.07, 6.45) is 2.68. The van der Waals surface area contributed by atoms with Gasteiger partial charge in [0.25, 0.3) is 0 Å². The van der Waals surface area contributed by atoms with Crippen LogP contribution in [0.5, 0.6) is 0 Å². The molecule has 0 spiro atoms. The number of nitrogens with two attached hydrogens (primary N) is 1. The molecule has 4 nitrogen and oxygen atoms in total. The monoisotopic (exact) mass is 294 g/mol. The fourth-order valence-electron chi connectivity index (χ4n) is 2.83. The third kappa shape index (κ3) is 4.25. The van der Waals surface area contributed by atoms with E-state index in [0.29, 0.717) is 24.9 Å². The molecule has 1 aliphatic rings. The highest BCUT2D eigenvalue weighted by atomic mass is 19.1. The maximum atomic E-state index is 13.5. The molecule has 0 aromatic heterocycles. The Kier molecular flexibility index (Phi) is 5.70. The molecule has 5 heteroatoms. The van der Waals surface area contributed by atoms with Gasteiger partial charge in [0.1, 0.15) is 5.82 Å². The average Bonchev–Trinajstić information content (AvgIpc) is 2.49. The number of nitrogens with one attached hydrogen (secondary N) is 1. The van der Waals surface area contributed by atoms with Crippen LogP contribution in [0, 0.1) is 11.7 Å². The van der Waals surface area contributed by atoms with Gasteiger partial charge in [-0.05, 0) is 37.3 Å². The molecule has 2 rings (SSSR count). The normalized spacial score (nSPS) is 25.6. The van der Waals surface area contributed by atoms with Gasteiger partial charge >= 0.3 is 0 Å². The highest BCUT2D eigenvalue weighted by Crippen LogP contribution is 2.25. The molecule has 1 aliphatic carbocycles. The topological polar surface area (TPSA) is 64.3 Å². The highest BCUT2D eigenvalue weighted by molar-refractivity contribution is 5.78. The molecular formula is C16H23FN2O2. The molecule has 3 atom stereocenters. The molecule has 0 unspecified atom stereocenters. The summed E-state index contributed by atoms with van der Waals surface area (Å²) in [5, 5.41) is 2.89. The third-order valence-electron chi connectivity index (χ3n) is 4.17. The second kappa shape index (κ2) is 7.52. The van der Waals surface area contributed by atoms with Crippen LogP contribution in [0.1, 0.15) is 24.8 Å². The molecule has 0 aliphatic heterocycles. The lowest BCUT2D eigenvalue weighted by molar-refractivity contribution is -0.127. The van der Waals surface area contributed by atoms with Crippen LogP contribution in [0.4, 0.5) is 4.39 Å². The third-order valence-corrected chi connectivity index (χ3v) is 4.17. The number of ether oxygens (including phenoxy) is 1. The molecule has 0 saturated heterocycles. The Labute approximate surface area is 124 Å². The molecule has 0 bridgehead atoms. The Morgan fingerprint density at radius 3 is 2.90 bits per heavy atom. The molecule has 0 radical (unpaired) electrons. The Balaban J connectivity index is 1.78. The van der Waals surface area contributed by atoms with Crippen LogP contribution in [0.2, 0.25) is 0 Å². The zero-order valence-corrected chi connectivity index (χ0v) is 12.3. The van der Waals surface area contributed by atoms with Crippen molar-refractivity contribution in [2.75, 3.05) is 13.7 Å². The van der Waals surface area contributed by atoms with Crippen LogP contribution in [-0.2, 0) is 16.0 Å². The van der Waals surface area contributed by atoms with Gasteiger partial charge in [-0.1, -0.05) is 18.2 Å². The van der Waals surface area contributed by atoms with Crippen LogP contribution >= 0.6 is 0 Å². The van der Waals surface area contributed by atoms with Gasteiger partial charge in [-0.25, -0.2) is 4.39 Å². The van der Waals surface area contributed by atoms with Gasteiger partial charge in [-0.3, -0.25) is 4.79 Å². The summed E-state index contributed by atoms with van der Waals surface area (Å²) < 4.78 is 18.8. The number of hydrogen-bond donors (Lipinski definition) is 2. The van der Waals surface area contributed by atoms with E-state index in [9.17, 15) is 9.18 Å². The molecular weight excluding hydrogens is 271 g/mol. The first-order chi connectivity index (χ1) is 10.1. The maximum Gasteiger partial charge on any atom is 0.223 e. The summed E-state index contributed by atoms with van der Waals surface area (Å²) in [4.78, 5) is 12.1. The van der Waals surface area contributed by atoms with Crippen molar-refractivity contribution in [1.82, 2.24) is 5.32 Å². The maximum absolute atomic E-state index is 13.5. The molecule has 1 aromatic carbocycles. The molecule has 1 aromatic rings. The van der Waals surface area contributed by atoms with Crippen molar-refractivity contribution in [3.63, 3.8) is 0 Å². The number of benzene rings is 1. The lowest BCUT2D eigenvalue weighted by Crippen LogP contribution is -2.45. The molecule has 116 valence electrons. The second-order valence-electron chi connectivity index (χ2n) is 5.58. The van der Waals surface area contributed by atoms with Gasteiger partial charge < -0.3 is 15.8 Å². The van der Waals surface area contributed by atoms with Gasteiger partial charge in [0, 0.05) is 25.6 Å². The summed E-state index contributed by atoms with van der Waals surface area (Å²) in [5.41, 5.74) is 6.57. The Bertz CT molecular complexity index is 481. The molecule has 1 fully saturated rings. The van der Waals surface area contributed by atoms with Crippen molar-refractivity contribution in [3.8, 4) is 0 Å². The van der Waals surface area contributed by atoms with E-state index in [2.05, 4.69) is 5.32 Å². The predicted molar refractivity (Wildman–Crippen MR) is 79.2 cm³/mol. The van der Waals surface area contributed by atoms with Crippen molar-refractivity contribution in [2.24, 2.45) is 11.7 Å². The number of amides is 1. The highest BCUT2D eigenvalue weighted by Gasteiger charge is 2.31. The van der Waals surface area contributed by atoms with Crippen LogP contribution < -0.4 is 11.1 Å².